The Hall–Kier alpha value is -2.87. The first kappa shape index (κ1) is 18.2. The number of aryl methyl sites for hydroxylation is 2. The van der Waals surface area contributed by atoms with Crippen molar-refractivity contribution in [1.29, 1.82) is 0 Å². The maximum atomic E-state index is 14.9. The van der Waals surface area contributed by atoms with Crippen LogP contribution >= 0.6 is 0 Å². The molecular formula is C21H22F2N6. The Morgan fingerprint density at radius 1 is 1.10 bits per heavy atom. The fraction of sp³-hybridized carbons (Fsp3) is 0.381. The third-order valence-electron chi connectivity index (χ3n) is 5.66. The van der Waals surface area contributed by atoms with Crippen molar-refractivity contribution in [1.82, 2.24) is 29.3 Å². The van der Waals surface area contributed by atoms with Crippen LogP contribution in [-0.2, 0) is 0 Å². The number of fused-ring (bicyclic) bond motifs is 2. The summed E-state index contributed by atoms with van der Waals surface area (Å²) in [6.45, 7) is 5.03. The lowest BCUT2D eigenvalue weighted by Crippen LogP contribution is -2.40. The highest BCUT2D eigenvalue weighted by Crippen LogP contribution is 2.30. The van der Waals surface area contributed by atoms with Crippen LogP contribution in [0.15, 0.2) is 30.6 Å². The molecule has 6 nitrogen and oxygen atoms in total. The molecule has 0 aliphatic carbocycles. The molecule has 0 N–H and O–H groups in total. The molecule has 0 bridgehead atoms. The Balaban J connectivity index is 1.58. The van der Waals surface area contributed by atoms with Gasteiger partial charge in [0.05, 0.1) is 23.6 Å². The number of piperidine rings is 1. The Morgan fingerprint density at radius 3 is 2.72 bits per heavy atom. The molecule has 3 aromatic heterocycles. The Labute approximate surface area is 166 Å². The van der Waals surface area contributed by atoms with Gasteiger partial charge in [-0.15, -0.1) is 0 Å². The van der Waals surface area contributed by atoms with Gasteiger partial charge in [-0.2, -0.15) is 10.2 Å². The molecule has 1 aliphatic rings. The van der Waals surface area contributed by atoms with E-state index in [1.54, 1.807) is 15.4 Å². The van der Waals surface area contributed by atoms with Crippen LogP contribution < -0.4 is 0 Å². The first-order chi connectivity index (χ1) is 13.9. The predicted molar refractivity (Wildman–Crippen MR) is 107 cm³/mol. The maximum absolute atomic E-state index is 14.9. The van der Waals surface area contributed by atoms with Crippen molar-refractivity contribution in [2.75, 3.05) is 20.1 Å². The van der Waals surface area contributed by atoms with E-state index in [0.717, 1.165) is 23.4 Å². The quantitative estimate of drug-likeness (QED) is 0.518. The van der Waals surface area contributed by atoms with Crippen LogP contribution in [0, 0.1) is 19.7 Å². The topological polar surface area (TPSA) is 51.3 Å². The van der Waals surface area contributed by atoms with Crippen LogP contribution in [0.4, 0.5) is 8.78 Å². The van der Waals surface area contributed by atoms with E-state index in [-0.39, 0.29) is 11.6 Å². The van der Waals surface area contributed by atoms with Crippen molar-refractivity contribution >= 4 is 16.6 Å². The first-order valence-electron chi connectivity index (χ1n) is 9.74. The van der Waals surface area contributed by atoms with Crippen molar-refractivity contribution in [2.24, 2.45) is 0 Å². The van der Waals surface area contributed by atoms with Gasteiger partial charge >= 0.3 is 0 Å². The van der Waals surface area contributed by atoms with Crippen molar-refractivity contribution in [3.05, 3.63) is 47.7 Å². The first-order valence-corrected chi connectivity index (χ1v) is 9.74. The van der Waals surface area contributed by atoms with E-state index in [1.165, 1.54) is 6.07 Å². The van der Waals surface area contributed by atoms with Gasteiger partial charge in [-0.25, -0.2) is 18.3 Å². The van der Waals surface area contributed by atoms with Gasteiger partial charge in [0.15, 0.2) is 11.5 Å². The molecule has 8 heteroatoms. The number of hydrogen-bond donors (Lipinski definition) is 0. The number of alkyl halides is 1. The summed E-state index contributed by atoms with van der Waals surface area (Å²) in [7, 11) is 1.90. The van der Waals surface area contributed by atoms with Crippen LogP contribution in [0.5, 0.6) is 0 Å². The summed E-state index contributed by atoms with van der Waals surface area (Å²) in [4.78, 5) is 6.42. The fourth-order valence-corrected chi connectivity index (χ4v) is 4.16. The van der Waals surface area contributed by atoms with Crippen LogP contribution in [0.25, 0.3) is 27.8 Å². The average molecular weight is 396 g/mol. The third kappa shape index (κ3) is 3.07. The normalized spacial score (nSPS) is 20.7. The lowest BCUT2D eigenvalue weighted by Gasteiger charge is -2.32. The minimum absolute atomic E-state index is 0.260. The molecule has 1 fully saturated rings. The van der Waals surface area contributed by atoms with Crippen molar-refractivity contribution < 1.29 is 8.78 Å². The molecule has 0 radical (unpaired) electrons. The number of likely N-dealkylation sites (tertiary alicyclic amines) is 1. The number of aromatic nitrogens is 5. The zero-order chi connectivity index (χ0) is 20.3. The van der Waals surface area contributed by atoms with Crippen molar-refractivity contribution in [3.8, 4) is 11.3 Å². The lowest BCUT2D eigenvalue weighted by atomic mass is 10.0. The highest BCUT2D eigenvalue weighted by Gasteiger charge is 2.30. The molecular weight excluding hydrogens is 374 g/mol. The van der Waals surface area contributed by atoms with E-state index in [4.69, 9.17) is 0 Å². The molecule has 4 heterocycles. The number of imidazole rings is 1. The predicted octanol–water partition coefficient (Wildman–Crippen LogP) is 3.72. The summed E-state index contributed by atoms with van der Waals surface area (Å²) < 4.78 is 32.7. The standard InChI is InChI=1S/C21H22F2N6/c1-12-6-18(25-29-9-13(2)24-21(12)29)14-7-15-10-28(26-20(15)16(22)8-14)19-4-5-27(3)11-17(19)23/h6-10,17,19H,4-5,11H2,1-3H3/t17-,19-/m1/s1. The van der Waals surface area contributed by atoms with Gasteiger partial charge in [-0.1, -0.05) is 0 Å². The number of rotatable bonds is 2. The van der Waals surface area contributed by atoms with Gasteiger partial charge < -0.3 is 4.90 Å². The monoisotopic (exact) mass is 396 g/mol. The number of halogens is 2. The molecule has 0 unspecified atom stereocenters. The summed E-state index contributed by atoms with van der Waals surface area (Å²) in [6.07, 6.45) is 3.22. The van der Waals surface area contributed by atoms with Crippen LogP contribution in [-0.4, -0.2) is 55.6 Å². The molecule has 1 aliphatic heterocycles. The zero-order valence-corrected chi connectivity index (χ0v) is 16.6. The molecule has 1 aromatic carbocycles. The van der Waals surface area contributed by atoms with Gasteiger partial charge in [0.2, 0.25) is 0 Å². The van der Waals surface area contributed by atoms with E-state index < -0.39 is 12.0 Å². The van der Waals surface area contributed by atoms with Gasteiger partial charge in [0, 0.05) is 30.2 Å². The van der Waals surface area contributed by atoms with E-state index in [9.17, 15) is 8.78 Å². The van der Waals surface area contributed by atoms with Gasteiger partial charge in [0.25, 0.3) is 0 Å². The summed E-state index contributed by atoms with van der Waals surface area (Å²) in [5, 5.41) is 9.60. The molecule has 0 spiro atoms. The summed E-state index contributed by atoms with van der Waals surface area (Å²) in [5.41, 5.74) is 4.20. The highest BCUT2D eigenvalue weighted by atomic mass is 19.1. The average Bonchev–Trinajstić information content (AvgIpc) is 3.25. The second kappa shape index (κ2) is 6.59. The van der Waals surface area contributed by atoms with E-state index in [1.807, 2.05) is 44.1 Å². The molecule has 150 valence electrons. The van der Waals surface area contributed by atoms with E-state index in [2.05, 4.69) is 15.2 Å². The smallest absolute Gasteiger partial charge is 0.156 e. The highest BCUT2D eigenvalue weighted by molar-refractivity contribution is 5.84. The molecule has 4 aromatic rings. The largest absolute Gasteiger partial charge is 0.303 e. The van der Waals surface area contributed by atoms with Crippen molar-refractivity contribution in [2.45, 2.75) is 32.5 Å². The molecule has 0 amide bonds. The third-order valence-corrected chi connectivity index (χ3v) is 5.66. The SMILES string of the molecule is Cc1cn2nc(-c3cc(F)c4nn([C@@H]5CCN(C)C[C@H]5F)cc4c3)cc(C)c2n1. The van der Waals surface area contributed by atoms with Crippen LogP contribution in [0.2, 0.25) is 0 Å². The summed E-state index contributed by atoms with van der Waals surface area (Å²) >= 11 is 0. The minimum Gasteiger partial charge on any atom is -0.303 e. The zero-order valence-electron chi connectivity index (χ0n) is 16.6. The Morgan fingerprint density at radius 2 is 1.93 bits per heavy atom. The van der Waals surface area contributed by atoms with Crippen LogP contribution in [0.1, 0.15) is 23.7 Å². The van der Waals surface area contributed by atoms with Gasteiger partial charge in [0.1, 0.15) is 11.7 Å². The second-order valence-corrected chi connectivity index (χ2v) is 8.00. The molecule has 2 atom stereocenters. The van der Waals surface area contributed by atoms with Crippen LogP contribution in [0.3, 0.4) is 0 Å². The minimum atomic E-state index is -1.03. The summed E-state index contributed by atoms with van der Waals surface area (Å²) in [5.74, 6) is -0.430. The second-order valence-electron chi connectivity index (χ2n) is 8.00. The summed E-state index contributed by atoms with van der Waals surface area (Å²) in [6, 6.07) is 4.84. The van der Waals surface area contributed by atoms with E-state index in [0.29, 0.717) is 29.6 Å². The number of hydrogen-bond acceptors (Lipinski definition) is 4. The van der Waals surface area contributed by atoms with Crippen molar-refractivity contribution in [3.63, 3.8) is 0 Å². The van der Waals surface area contributed by atoms with Gasteiger partial charge in [-0.3, -0.25) is 4.68 Å². The molecule has 29 heavy (non-hydrogen) atoms. The van der Waals surface area contributed by atoms with E-state index >= 15 is 0 Å². The Bertz CT molecular complexity index is 1230. The lowest BCUT2D eigenvalue weighted by molar-refractivity contribution is 0.101. The maximum Gasteiger partial charge on any atom is 0.156 e. The van der Waals surface area contributed by atoms with Gasteiger partial charge in [-0.05, 0) is 51.1 Å². The number of benzene rings is 1. The molecule has 1 saturated heterocycles. The molecule has 0 saturated carbocycles. The molecule has 5 rings (SSSR count). The Kier molecular flexibility index (Phi) is 4.13. The number of nitrogens with zero attached hydrogens (tertiary/aromatic N) is 6. The fourth-order valence-electron chi connectivity index (χ4n) is 4.16.